The van der Waals surface area contributed by atoms with Crippen LogP contribution in [-0.2, 0) is 9.59 Å². The number of rotatable bonds is 11. The van der Waals surface area contributed by atoms with Gasteiger partial charge < -0.3 is 5.32 Å². The second-order valence-electron chi connectivity index (χ2n) is 4.55. The normalized spacial score (nSPS) is 10.2. The van der Waals surface area contributed by atoms with Crippen molar-refractivity contribution in [3.8, 4) is 0 Å². The maximum Gasteiger partial charge on any atom is 0.287 e. The van der Waals surface area contributed by atoms with Crippen molar-refractivity contribution < 1.29 is 9.59 Å². The molecule has 0 aliphatic heterocycles. The summed E-state index contributed by atoms with van der Waals surface area (Å²) in [5.74, 6) is -0.644. The van der Waals surface area contributed by atoms with Gasteiger partial charge in [0.15, 0.2) is 0 Å². The van der Waals surface area contributed by atoms with Gasteiger partial charge in [0.05, 0.1) is 0 Å². The van der Waals surface area contributed by atoms with Crippen LogP contribution in [0.2, 0.25) is 0 Å². The fourth-order valence-corrected chi connectivity index (χ4v) is 1.68. The van der Waals surface area contributed by atoms with Crippen LogP contribution in [0.5, 0.6) is 0 Å². The Kier molecular flexibility index (Phi) is 11.0. The molecular weight excluding hydrogens is 214 g/mol. The summed E-state index contributed by atoms with van der Waals surface area (Å²) in [5.41, 5.74) is 0. The van der Waals surface area contributed by atoms with E-state index in [9.17, 15) is 9.59 Å². The first-order chi connectivity index (χ1) is 8.22. The van der Waals surface area contributed by atoms with E-state index in [2.05, 4.69) is 19.2 Å². The molecule has 0 saturated heterocycles. The SMILES string of the molecule is CCCCCCNC(=O)C(=O)CCCCCC. The average Bonchev–Trinajstić information content (AvgIpc) is 2.34. The highest BCUT2D eigenvalue weighted by atomic mass is 16.2. The van der Waals surface area contributed by atoms with Gasteiger partial charge in [0.1, 0.15) is 0 Å². The average molecular weight is 241 g/mol. The van der Waals surface area contributed by atoms with Gasteiger partial charge in [-0.25, -0.2) is 0 Å². The van der Waals surface area contributed by atoms with E-state index in [0.717, 1.165) is 38.5 Å². The lowest BCUT2D eigenvalue weighted by atomic mass is 10.1. The number of unbranched alkanes of at least 4 members (excludes halogenated alkanes) is 6. The molecule has 3 nitrogen and oxygen atoms in total. The Labute approximate surface area is 105 Å². The Morgan fingerprint density at radius 2 is 1.41 bits per heavy atom. The summed E-state index contributed by atoms with van der Waals surface area (Å²) in [7, 11) is 0. The summed E-state index contributed by atoms with van der Waals surface area (Å²) in [6, 6.07) is 0. The molecule has 0 saturated carbocycles. The number of hydrogen-bond acceptors (Lipinski definition) is 2. The van der Waals surface area contributed by atoms with Gasteiger partial charge in [-0.1, -0.05) is 52.4 Å². The molecule has 0 unspecified atom stereocenters. The largest absolute Gasteiger partial charge is 0.350 e. The monoisotopic (exact) mass is 241 g/mol. The van der Waals surface area contributed by atoms with Crippen molar-refractivity contribution in [1.29, 1.82) is 0 Å². The molecule has 0 fully saturated rings. The van der Waals surface area contributed by atoms with Crippen molar-refractivity contribution in [2.45, 2.75) is 71.6 Å². The summed E-state index contributed by atoms with van der Waals surface area (Å²) in [6.45, 7) is 4.92. The Bertz CT molecular complexity index is 214. The molecule has 1 amide bonds. The molecule has 0 bridgehead atoms. The van der Waals surface area contributed by atoms with Gasteiger partial charge in [0.2, 0.25) is 5.78 Å². The molecule has 0 rings (SSSR count). The topological polar surface area (TPSA) is 46.2 Å². The molecule has 3 heteroatoms. The lowest BCUT2D eigenvalue weighted by Gasteiger charge is -2.04. The van der Waals surface area contributed by atoms with Gasteiger partial charge in [-0.05, 0) is 12.8 Å². The van der Waals surface area contributed by atoms with Crippen molar-refractivity contribution in [2.24, 2.45) is 0 Å². The van der Waals surface area contributed by atoms with Crippen molar-refractivity contribution in [2.75, 3.05) is 6.54 Å². The van der Waals surface area contributed by atoms with Crippen LogP contribution in [0.1, 0.15) is 71.6 Å². The molecule has 0 aromatic rings. The molecule has 0 spiro atoms. The number of hydrogen-bond donors (Lipinski definition) is 1. The number of carbonyl (C=O) groups is 2. The molecule has 0 atom stereocenters. The van der Waals surface area contributed by atoms with Crippen LogP contribution < -0.4 is 5.32 Å². The lowest BCUT2D eigenvalue weighted by Crippen LogP contribution is -2.31. The van der Waals surface area contributed by atoms with Gasteiger partial charge in [0.25, 0.3) is 5.91 Å². The first-order valence-electron chi connectivity index (χ1n) is 7.03. The van der Waals surface area contributed by atoms with Gasteiger partial charge in [-0.2, -0.15) is 0 Å². The third-order valence-electron chi connectivity index (χ3n) is 2.83. The zero-order chi connectivity index (χ0) is 12.9. The summed E-state index contributed by atoms with van der Waals surface area (Å²) < 4.78 is 0. The molecule has 0 aromatic heterocycles. The van der Waals surface area contributed by atoms with E-state index in [0.29, 0.717) is 13.0 Å². The first-order valence-corrected chi connectivity index (χ1v) is 7.03. The van der Waals surface area contributed by atoms with Crippen LogP contribution >= 0.6 is 0 Å². The summed E-state index contributed by atoms with van der Waals surface area (Å²) in [5, 5.41) is 2.69. The molecule has 17 heavy (non-hydrogen) atoms. The van der Waals surface area contributed by atoms with E-state index in [4.69, 9.17) is 0 Å². The van der Waals surface area contributed by atoms with Crippen LogP contribution in [0.4, 0.5) is 0 Å². The number of nitrogens with one attached hydrogen (secondary N) is 1. The summed E-state index contributed by atoms with van der Waals surface area (Å²) >= 11 is 0. The van der Waals surface area contributed by atoms with Gasteiger partial charge in [-0.3, -0.25) is 9.59 Å². The van der Waals surface area contributed by atoms with E-state index in [1.54, 1.807) is 0 Å². The van der Waals surface area contributed by atoms with Crippen LogP contribution in [0, 0.1) is 0 Å². The predicted molar refractivity (Wildman–Crippen MR) is 70.9 cm³/mol. The highest BCUT2D eigenvalue weighted by molar-refractivity contribution is 6.36. The van der Waals surface area contributed by atoms with Crippen molar-refractivity contribution in [3.05, 3.63) is 0 Å². The first kappa shape index (κ1) is 16.1. The number of amides is 1. The predicted octanol–water partition coefficient (Wildman–Crippen LogP) is 3.22. The minimum absolute atomic E-state index is 0.253. The van der Waals surface area contributed by atoms with E-state index in [-0.39, 0.29) is 5.78 Å². The molecule has 0 heterocycles. The third kappa shape index (κ3) is 10.0. The summed E-state index contributed by atoms with van der Waals surface area (Å²) in [6.07, 6.45) is 9.07. The molecule has 1 N–H and O–H groups in total. The van der Waals surface area contributed by atoms with E-state index >= 15 is 0 Å². The second-order valence-corrected chi connectivity index (χ2v) is 4.55. The van der Waals surface area contributed by atoms with Crippen molar-refractivity contribution in [3.63, 3.8) is 0 Å². The quantitative estimate of drug-likeness (QED) is 0.446. The maximum absolute atomic E-state index is 11.4. The van der Waals surface area contributed by atoms with Crippen LogP contribution in [0.15, 0.2) is 0 Å². The highest BCUT2D eigenvalue weighted by Crippen LogP contribution is 2.03. The standard InChI is InChI=1S/C14H27NO2/c1-3-5-7-9-11-13(16)14(17)15-12-10-8-6-4-2/h3-12H2,1-2H3,(H,15,17). The van der Waals surface area contributed by atoms with Gasteiger partial charge in [-0.15, -0.1) is 0 Å². The van der Waals surface area contributed by atoms with Gasteiger partial charge in [0, 0.05) is 13.0 Å². The Hall–Kier alpha value is -0.860. The fraction of sp³-hybridized carbons (Fsp3) is 0.857. The highest BCUT2D eigenvalue weighted by Gasteiger charge is 2.11. The molecule has 0 aliphatic rings. The Morgan fingerprint density at radius 3 is 2.00 bits per heavy atom. The molecular formula is C14H27NO2. The Morgan fingerprint density at radius 1 is 0.824 bits per heavy atom. The van der Waals surface area contributed by atoms with Crippen LogP contribution in [0.3, 0.4) is 0 Å². The second kappa shape index (κ2) is 11.6. The zero-order valence-corrected chi connectivity index (χ0v) is 11.4. The smallest absolute Gasteiger partial charge is 0.287 e. The summed E-state index contributed by atoms with van der Waals surface area (Å²) in [4.78, 5) is 22.8. The van der Waals surface area contributed by atoms with Crippen LogP contribution in [0.25, 0.3) is 0 Å². The van der Waals surface area contributed by atoms with E-state index in [1.165, 1.54) is 12.8 Å². The van der Waals surface area contributed by atoms with E-state index in [1.807, 2.05) is 0 Å². The third-order valence-corrected chi connectivity index (χ3v) is 2.83. The minimum atomic E-state index is -0.391. The minimum Gasteiger partial charge on any atom is -0.350 e. The molecule has 0 radical (unpaired) electrons. The zero-order valence-electron chi connectivity index (χ0n) is 11.4. The number of carbonyl (C=O) groups excluding carboxylic acids is 2. The van der Waals surface area contributed by atoms with E-state index < -0.39 is 5.91 Å². The van der Waals surface area contributed by atoms with Crippen molar-refractivity contribution >= 4 is 11.7 Å². The fourth-order valence-electron chi connectivity index (χ4n) is 1.68. The number of ketones is 1. The molecule has 0 aliphatic carbocycles. The number of Topliss-reactive ketones (excluding diaryl/α,β-unsaturated/α-hetero) is 1. The lowest BCUT2D eigenvalue weighted by molar-refractivity contribution is -0.138. The van der Waals surface area contributed by atoms with Gasteiger partial charge >= 0.3 is 0 Å². The molecule has 100 valence electrons. The molecule has 0 aromatic carbocycles. The van der Waals surface area contributed by atoms with Crippen molar-refractivity contribution in [1.82, 2.24) is 5.32 Å². The maximum atomic E-state index is 11.4. The van der Waals surface area contributed by atoms with Crippen LogP contribution in [-0.4, -0.2) is 18.2 Å². The Balaban J connectivity index is 3.44.